The molecule has 4 aromatic heterocycles. The van der Waals surface area contributed by atoms with Crippen molar-refractivity contribution < 1.29 is 42.9 Å². The third-order valence-corrected chi connectivity index (χ3v) is 8.60. The van der Waals surface area contributed by atoms with Gasteiger partial charge in [-0.1, -0.05) is 0 Å². The van der Waals surface area contributed by atoms with E-state index in [1.165, 1.54) is 34.1 Å². The fourth-order valence-electron chi connectivity index (χ4n) is 5.63. The highest BCUT2D eigenvalue weighted by atomic mass is 31.2. The van der Waals surface area contributed by atoms with Crippen LogP contribution >= 0.6 is 7.82 Å². The fourth-order valence-corrected chi connectivity index (χ4v) is 6.56. The number of H-pyrrole nitrogens is 1. The SMILES string of the molecule is Nc1nc2c(ccn2[C@@H]2OC3OCC[C@H]4[C@@H](O)[C@H](n5cnc6c(N)ncnc65)O[C@@H]4COP(=O)(O)O[C@@H]2[C@@H]3O)c(=O)[nH]1. The van der Waals surface area contributed by atoms with Crippen molar-refractivity contribution in [3.05, 3.63) is 35.3 Å². The van der Waals surface area contributed by atoms with Crippen molar-refractivity contribution in [3.63, 3.8) is 0 Å². The van der Waals surface area contributed by atoms with Crippen LogP contribution in [-0.2, 0) is 27.8 Å². The molecule has 0 aromatic carbocycles. The second kappa shape index (κ2) is 10.0. The van der Waals surface area contributed by atoms with E-state index in [1.54, 1.807) is 0 Å². The van der Waals surface area contributed by atoms with Crippen molar-refractivity contribution in [3.8, 4) is 0 Å². The number of ether oxygens (including phenoxy) is 3. The quantitative estimate of drug-likeness (QED) is 0.145. The third-order valence-electron chi connectivity index (χ3n) is 7.62. The molecular weight excluding hydrogens is 581 g/mol. The summed E-state index contributed by atoms with van der Waals surface area (Å²) in [5, 5.41) is 22.4. The Morgan fingerprint density at radius 3 is 2.74 bits per heavy atom. The molecule has 7 rings (SSSR count). The van der Waals surface area contributed by atoms with E-state index in [2.05, 4.69) is 24.9 Å². The molecule has 0 spiro atoms. The van der Waals surface area contributed by atoms with Gasteiger partial charge >= 0.3 is 7.82 Å². The Balaban J connectivity index is 1.17. The van der Waals surface area contributed by atoms with Crippen LogP contribution in [0, 0.1) is 5.92 Å². The molecule has 0 aliphatic carbocycles. The highest BCUT2D eigenvalue weighted by Crippen LogP contribution is 2.51. The first kappa shape index (κ1) is 27.3. The lowest BCUT2D eigenvalue weighted by Crippen LogP contribution is -2.37. The van der Waals surface area contributed by atoms with Gasteiger partial charge in [-0.05, 0) is 12.5 Å². The maximum absolute atomic E-state index is 13.1. The van der Waals surface area contributed by atoms with Gasteiger partial charge in [-0.3, -0.25) is 23.4 Å². The Morgan fingerprint density at radius 2 is 1.90 bits per heavy atom. The van der Waals surface area contributed by atoms with E-state index in [-0.39, 0.29) is 35.8 Å². The van der Waals surface area contributed by atoms with Gasteiger partial charge in [0.1, 0.15) is 30.2 Å². The van der Waals surface area contributed by atoms with Crippen LogP contribution < -0.4 is 17.0 Å². The van der Waals surface area contributed by atoms with Gasteiger partial charge in [0.2, 0.25) is 5.95 Å². The van der Waals surface area contributed by atoms with Crippen LogP contribution in [0.2, 0.25) is 0 Å². The maximum atomic E-state index is 13.1. The molecule has 8 N–H and O–H groups in total. The number of aliphatic hydroxyl groups is 2. The average molecular weight is 607 g/mol. The summed E-state index contributed by atoms with van der Waals surface area (Å²) in [4.78, 5) is 41.8. The van der Waals surface area contributed by atoms with E-state index >= 15 is 0 Å². The minimum Gasteiger partial charge on any atom is -0.388 e. The van der Waals surface area contributed by atoms with Crippen molar-refractivity contribution >= 4 is 41.8 Å². The molecule has 19 nitrogen and oxygen atoms in total. The first-order chi connectivity index (χ1) is 20.1. The summed E-state index contributed by atoms with van der Waals surface area (Å²) in [6, 6.07) is 1.45. The highest BCUT2D eigenvalue weighted by molar-refractivity contribution is 7.47. The van der Waals surface area contributed by atoms with E-state index in [0.29, 0.717) is 11.2 Å². The lowest BCUT2D eigenvalue weighted by Gasteiger charge is -2.26. The summed E-state index contributed by atoms with van der Waals surface area (Å²) in [6.07, 6.45) is -4.32. The van der Waals surface area contributed by atoms with E-state index in [4.69, 9.17) is 34.7 Å². The summed E-state index contributed by atoms with van der Waals surface area (Å²) in [7, 11) is -4.87. The number of fused-ring (bicyclic) bond motifs is 5. The van der Waals surface area contributed by atoms with E-state index in [1.807, 2.05) is 0 Å². The second-order valence-electron chi connectivity index (χ2n) is 10.1. The van der Waals surface area contributed by atoms with Crippen LogP contribution in [0.15, 0.2) is 29.7 Å². The number of hydrogen-bond donors (Lipinski definition) is 6. The molecule has 9 atom stereocenters. The van der Waals surface area contributed by atoms with Crippen LogP contribution in [0.5, 0.6) is 0 Å². The van der Waals surface area contributed by atoms with Crippen molar-refractivity contribution in [2.75, 3.05) is 24.7 Å². The molecule has 2 unspecified atom stereocenters. The molecule has 3 aliphatic heterocycles. The molecule has 224 valence electrons. The summed E-state index contributed by atoms with van der Waals surface area (Å²) in [5.41, 5.74) is 11.8. The molecule has 20 heteroatoms. The second-order valence-corrected chi connectivity index (χ2v) is 11.5. The van der Waals surface area contributed by atoms with Crippen LogP contribution in [0.25, 0.3) is 22.2 Å². The number of hydrogen-bond acceptors (Lipinski definition) is 15. The van der Waals surface area contributed by atoms with Crippen LogP contribution in [0.1, 0.15) is 18.9 Å². The largest absolute Gasteiger partial charge is 0.472 e. The van der Waals surface area contributed by atoms with Gasteiger partial charge in [-0.25, -0.2) is 19.5 Å². The molecule has 0 amide bonds. The molecule has 3 saturated heterocycles. The Bertz CT molecular complexity index is 1760. The molecule has 0 radical (unpaired) electrons. The monoisotopic (exact) mass is 607 g/mol. The number of anilines is 2. The maximum Gasteiger partial charge on any atom is 0.472 e. The molecule has 0 saturated carbocycles. The zero-order chi connectivity index (χ0) is 29.3. The Kier molecular flexibility index (Phi) is 6.53. The summed E-state index contributed by atoms with van der Waals surface area (Å²) < 4.78 is 44.5. The van der Waals surface area contributed by atoms with E-state index in [0.717, 1.165) is 0 Å². The summed E-state index contributed by atoms with van der Waals surface area (Å²) in [5.74, 6) is -0.663. The number of phosphoric acid groups is 1. The average Bonchev–Trinajstić information content (AvgIpc) is 3.69. The van der Waals surface area contributed by atoms with Gasteiger partial charge in [-0.15, -0.1) is 0 Å². The van der Waals surface area contributed by atoms with Crippen LogP contribution in [-0.4, -0.2) is 93.1 Å². The molecular formula is C22H26N9O10P. The number of rotatable bonds is 2. The zero-order valence-corrected chi connectivity index (χ0v) is 22.4. The predicted octanol–water partition coefficient (Wildman–Crippen LogP) is -1.26. The Labute approximate surface area is 234 Å². The number of nitrogens with zero attached hydrogens (tertiary/aromatic N) is 6. The van der Waals surface area contributed by atoms with Gasteiger partial charge < -0.3 is 45.4 Å². The van der Waals surface area contributed by atoms with Crippen molar-refractivity contribution in [1.29, 1.82) is 0 Å². The lowest BCUT2D eigenvalue weighted by molar-refractivity contribution is -0.178. The highest BCUT2D eigenvalue weighted by Gasteiger charge is 2.52. The fraction of sp³-hybridized carbons (Fsp3) is 0.500. The first-order valence-corrected chi connectivity index (χ1v) is 14.3. The number of nitrogen functional groups attached to an aromatic ring is 2. The minimum atomic E-state index is -4.87. The van der Waals surface area contributed by atoms with Crippen molar-refractivity contribution in [2.45, 2.75) is 49.6 Å². The van der Waals surface area contributed by atoms with Crippen molar-refractivity contribution in [2.24, 2.45) is 5.92 Å². The van der Waals surface area contributed by atoms with Gasteiger partial charge in [0, 0.05) is 12.1 Å². The standard InChI is InChI=1S/C22H26N9O10P/c23-15-11-17(26-6-25-15)31(7-27-11)19-12(32)8-2-4-37-21-13(33)14(41-42(35,36)38-5-10(8)39-19)20(40-21)30-3-1-9-16(30)28-22(24)29-18(9)34/h1,3,6-8,10,12-14,19-21,32-33H,2,4-5H2,(H,35,36)(H2,23,25,26)(H3,24,28,29,34)/t8-,10-,12-,13+,14-,19-,20-,21?/m1/s1. The number of nitrogens with two attached hydrogens (primary N) is 2. The molecule has 4 aromatic rings. The van der Waals surface area contributed by atoms with Crippen LogP contribution in [0.4, 0.5) is 11.8 Å². The van der Waals surface area contributed by atoms with Gasteiger partial charge in [0.25, 0.3) is 5.56 Å². The van der Waals surface area contributed by atoms with Crippen molar-refractivity contribution in [1.82, 2.24) is 34.1 Å². The van der Waals surface area contributed by atoms with E-state index < -0.39 is 69.1 Å². The summed E-state index contributed by atoms with van der Waals surface area (Å²) >= 11 is 0. The molecule has 7 heterocycles. The smallest absolute Gasteiger partial charge is 0.388 e. The number of phosphoric ester groups is 1. The third kappa shape index (κ3) is 4.46. The Morgan fingerprint density at radius 1 is 1.07 bits per heavy atom. The lowest BCUT2D eigenvalue weighted by atomic mass is 9.95. The number of imidazole rings is 1. The van der Waals surface area contributed by atoms with Crippen LogP contribution in [0.3, 0.4) is 0 Å². The number of nitrogens with one attached hydrogen (secondary N) is 1. The topological polar surface area (TPSA) is 270 Å². The van der Waals surface area contributed by atoms with E-state index in [9.17, 15) is 24.5 Å². The first-order valence-electron chi connectivity index (χ1n) is 12.8. The molecule has 3 aliphatic rings. The Hall–Kier alpha value is -3.52. The van der Waals surface area contributed by atoms with Gasteiger partial charge in [0.05, 0.1) is 31.0 Å². The minimum absolute atomic E-state index is 0.0106. The molecule has 2 bridgehead atoms. The zero-order valence-electron chi connectivity index (χ0n) is 21.5. The predicted molar refractivity (Wildman–Crippen MR) is 139 cm³/mol. The molecule has 42 heavy (non-hydrogen) atoms. The number of aromatic nitrogens is 7. The summed E-state index contributed by atoms with van der Waals surface area (Å²) in [6.45, 7) is -0.462. The number of aromatic amines is 1. The van der Waals surface area contributed by atoms with Gasteiger partial charge in [0.15, 0.2) is 35.9 Å². The number of aliphatic hydroxyl groups excluding tert-OH is 2. The van der Waals surface area contributed by atoms with Gasteiger partial charge in [-0.2, -0.15) is 4.98 Å². The molecule has 3 fully saturated rings. The normalized spacial score (nSPS) is 35.7.